The summed E-state index contributed by atoms with van der Waals surface area (Å²) in [5.41, 5.74) is 3.30. The van der Waals surface area contributed by atoms with E-state index in [0.29, 0.717) is 17.1 Å². The fraction of sp³-hybridized carbons (Fsp3) is 0.250. The highest BCUT2D eigenvalue weighted by Crippen LogP contribution is 2.39. The normalized spacial score (nSPS) is 17.5. The summed E-state index contributed by atoms with van der Waals surface area (Å²) in [6.45, 7) is 1.98. The Hall–Kier alpha value is -2.57. The number of carbonyl (C=O) groups excluding carboxylic acids is 1. The van der Waals surface area contributed by atoms with E-state index in [2.05, 4.69) is 7.05 Å². The molecule has 27 heavy (non-hydrogen) atoms. The Labute approximate surface area is 161 Å². The summed E-state index contributed by atoms with van der Waals surface area (Å²) in [6, 6.07) is 9.67. The van der Waals surface area contributed by atoms with Gasteiger partial charge in [0.1, 0.15) is 12.4 Å². The molecule has 0 radical (unpaired) electrons. The zero-order valence-corrected chi connectivity index (χ0v) is 15.5. The van der Waals surface area contributed by atoms with Crippen LogP contribution in [0.5, 0.6) is 11.5 Å². The van der Waals surface area contributed by atoms with Gasteiger partial charge in [0.25, 0.3) is 5.91 Å². The number of ether oxygens (including phenoxy) is 2. The average molecular weight is 389 g/mol. The molecule has 0 aliphatic carbocycles. The monoisotopic (exact) mass is 388 g/mol. The molecule has 1 N–H and O–H groups in total. The highest BCUT2D eigenvalue weighted by atomic mass is 35.5. The highest BCUT2D eigenvalue weighted by molar-refractivity contribution is 6.04. The van der Waals surface area contributed by atoms with Crippen molar-refractivity contribution in [2.75, 3.05) is 20.4 Å². The highest BCUT2D eigenvalue weighted by Gasteiger charge is 2.30. The number of quaternary nitrogens is 1. The van der Waals surface area contributed by atoms with E-state index in [-0.39, 0.29) is 25.1 Å². The molecule has 3 aromatic rings. The first-order chi connectivity index (χ1) is 12.6. The maximum Gasteiger partial charge on any atom is 0.262 e. The van der Waals surface area contributed by atoms with Gasteiger partial charge in [0.2, 0.25) is 6.79 Å². The summed E-state index contributed by atoms with van der Waals surface area (Å²) in [5, 5.41) is 1.01. The molecule has 0 fully saturated rings. The Morgan fingerprint density at radius 3 is 2.74 bits per heavy atom. The molecule has 7 heteroatoms. The molecule has 0 spiro atoms. The standard InChI is InChI=1S/C20H17FN2O3.ClH/c1-22-6-5-16-15(10-22)14-8-18-19(26-11-25-18)9-17(14)23(16)20(24)12-3-2-4-13(21)7-12;/h2-4,7-9H,5-6,10-11H2,1H3;1H. The minimum absolute atomic E-state index is 0. The van der Waals surface area contributed by atoms with Gasteiger partial charge in [-0.25, -0.2) is 4.39 Å². The van der Waals surface area contributed by atoms with Crippen LogP contribution in [0.2, 0.25) is 0 Å². The van der Waals surface area contributed by atoms with E-state index in [1.165, 1.54) is 17.0 Å². The van der Waals surface area contributed by atoms with Crippen molar-refractivity contribution < 1.29 is 36.0 Å². The summed E-state index contributed by atoms with van der Waals surface area (Å²) in [4.78, 5) is 14.6. The number of likely N-dealkylation sites (N-methyl/N-ethyl adjacent to an activating group) is 1. The van der Waals surface area contributed by atoms with E-state index in [9.17, 15) is 9.18 Å². The first-order valence-electron chi connectivity index (χ1n) is 8.69. The summed E-state index contributed by atoms with van der Waals surface area (Å²) in [5.74, 6) is 0.720. The van der Waals surface area contributed by atoms with Crippen LogP contribution in [-0.4, -0.2) is 30.9 Å². The zero-order chi connectivity index (χ0) is 17.8. The molecule has 5 nitrogen and oxygen atoms in total. The lowest BCUT2D eigenvalue weighted by Gasteiger charge is -2.21. The van der Waals surface area contributed by atoms with Gasteiger partial charge in [-0.05, 0) is 24.3 Å². The fourth-order valence-electron chi connectivity index (χ4n) is 3.96. The van der Waals surface area contributed by atoms with Gasteiger partial charge in [0.15, 0.2) is 11.5 Å². The number of halogens is 2. The Kier molecular flexibility index (Phi) is 4.32. The Bertz CT molecular complexity index is 1060. The van der Waals surface area contributed by atoms with Gasteiger partial charge in [-0.2, -0.15) is 0 Å². The largest absolute Gasteiger partial charge is 1.00 e. The van der Waals surface area contributed by atoms with E-state index in [0.717, 1.165) is 41.7 Å². The SMILES string of the molecule is C[NH+]1CCc2c(c3cc4c(cc3n2C(=O)c2cccc(F)c2)OCO4)C1.[Cl-]. The van der Waals surface area contributed by atoms with Crippen molar-refractivity contribution in [3.63, 3.8) is 0 Å². The number of nitrogens with zero attached hydrogens (tertiary/aromatic N) is 1. The number of benzene rings is 2. The molecule has 1 atom stereocenters. The van der Waals surface area contributed by atoms with Gasteiger partial charge in [0.05, 0.1) is 19.1 Å². The predicted molar refractivity (Wildman–Crippen MR) is 93.4 cm³/mol. The molecular weight excluding hydrogens is 371 g/mol. The third kappa shape index (κ3) is 2.76. The molecule has 0 bridgehead atoms. The molecule has 2 aromatic carbocycles. The smallest absolute Gasteiger partial charge is 0.262 e. The van der Waals surface area contributed by atoms with Crippen LogP contribution in [0.15, 0.2) is 36.4 Å². The second-order valence-corrected chi connectivity index (χ2v) is 6.93. The first-order valence-corrected chi connectivity index (χ1v) is 8.69. The molecule has 2 aliphatic heterocycles. The van der Waals surface area contributed by atoms with Crippen LogP contribution in [-0.2, 0) is 13.0 Å². The number of aromatic nitrogens is 1. The van der Waals surface area contributed by atoms with Crippen molar-refractivity contribution in [1.82, 2.24) is 4.57 Å². The molecule has 140 valence electrons. The second-order valence-electron chi connectivity index (χ2n) is 6.93. The first kappa shape index (κ1) is 17.8. The van der Waals surface area contributed by atoms with Crippen LogP contribution in [0.4, 0.5) is 4.39 Å². The maximum atomic E-state index is 13.7. The number of rotatable bonds is 1. The van der Waals surface area contributed by atoms with Gasteiger partial charge in [-0.15, -0.1) is 0 Å². The number of hydrogen-bond donors (Lipinski definition) is 1. The van der Waals surface area contributed by atoms with E-state index in [1.54, 1.807) is 16.7 Å². The fourth-order valence-corrected chi connectivity index (χ4v) is 3.96. The van der Waals surface area contributed by atoms with Crippen molar-refractivity contribution in [1.29, 1.82) is 0 Å². The molecule has 1 aromatic heterocycles. The van der Waals surface area contributed by atoms with Gasteiger partial charge < -0.3 is 26.8 Å². The van der Waals surface area contributed by atoms with Gasteiger partial charge >= 0.3 is 0 Å². The number of nitrogens with one attached hydrogen (secondary N) is 1. The minimum atomic E-state index is -0.414. The summed E-state index contributed by atoms with van der Waals surface area (Å²) in [6.07, 6.45) is 0.795. The van der Waals surface area contributed by atoms with Crippen molar-refractivity contribution in [2.45, 2.75) is 13.0 Å². The van der Waals surface area contributed by atoms with Crippen LogP contribution < -0.4 is 26.8 Å². The molecule has 0 amide bonds. The number of carbonyl (C=O) groups is 1. The minimum Gasteiger partial charge on any atom is -1.00 e. The second kappa shape index (κ2) is 6.55. The maximum absolute atomic E-state index is 13.7. The predicted octanol–water partition coefficient (Wildman–Crippen LogP) is -1.23. The van der Waals surface area contributed by atoms with Crippen molar-refractivity contribution in [3.8, 4) is 11.5 Å². The van der Waals surface area contributed by atoms with Gasteiger partial charge in [-0.1, -0.05) is 6.07 Å². The summed E-state index contributed by atoms with van der Waals surface area (Å²) >= 11 is 0. The average Bonchev–Trinajstić information content (AvgIpc) is 3.21. The lowest BCUT2D eigenvalue weighted by molar-refractivity contribution is -0.895. The molecule has 1 unspecified atom stereocenters. The molecule has 2 aliphatic rings. The van der Waals surface area contributed by atoms with Gasteiger partial charge in [-0.3, -0.25) is 9.36 Å². The summed E-state index contributed by atoms with van der Waals surface area (Å²) in [7, 11) is 2.15. The Morgan fingerprint density at radius 2 is 1.96 bits per heavy atom. The lowest BCUT2D eigenvalue weighted by Crippen LogP contribution is -3.08. The van der Waals surface area contributed by atoms with E-state index in [4.69, 9.17) is 9.47 Å². The van der Waals surface area contributed by atoms with E-state index in [1.807, 2.05) is 12.1 Å². The van der Waals surface area contributed by atoms with Crippen molar-refractivity contribution in [3.05, 3.63) is 59.0 Å². The lowest BCUT2D eigenvalue weighted by atomic mass is 10.0. The Balaban J connectivity index is 0.00000180. The van der Waals surface area contributed by atoms with Gasteiger partial charge in [0, 0.05) is 34.7 Å². The van der Waals surface area contributed by atoms with Crippen LogP contribution >= 0.6 is 0 Å². The molecule has 0 saturated heterocycles. The molecule has 3 heterocycles. The van der Waals surface area contributed by atoms with E-state index >= 15 is 0 Å². The molecular formula is C20H18ClFN2O3. The zero-order valence-electron chi connectivity index (χ0n) is 14.7. The van der Waals surface area contributed by atoms with Crippen LogP contribution in [0.3, 0.4) is 0 Å². The van der Waals surface area contributed by atoms with Crippen molar-refractivity contribution >= 4 is 16.8 Å². The van der Waals surface area contributed by atoms with Crippen LogP contribution in [0.25, 0.3) is 10.9 Å². The third-order valence-corrected chi connectivity index (χ3v) is 5.22. The topological polar surface area (TPSA) is 44.9 Å². The van der Waals surface area contributed by atoms with E-state index < -0.39 is 5.82 Å². The number of fused-ring (bicyclic) bond motifs is 4. The van der Waals surface area contributed by atoms with Crippen LogP contribution in [0.1, 0.15) is 21.6 Å². The molecule has 0 saturated carbocycles. The molecule has 5 rings (SSSR count). The Morgan fingerprint density at radius 1 is 1.19 bits per heavy atom. The summed E-state index contributed by atoms with van der Waals surface area (Å²) < 4.78 is 26.4. The van der Waals surface area contributed by atoms with Crippen molar-refractivity contribution in [2.24, 2.45) is 0 Å². The number of hydrogen-bond acceptors (Lipinski definition) is 3. The third-order valence-electron chi connectivity index (χ3n) is 5.22. The van der Waals surface area contributed by atoms with Crippen LogP contribution in [0, 0.1) is 5.82 Å². The quantitative estimate of drug-likeness (QED) is 0.568.